The van der Waals surface area contributed by atoms with Gasteiger partial charge in [-0.1, -0.05) is 12.1 Å². The van der Waals surface area contributed by atoms with Gasteiger partial charge in [-0.3, -0.25) is 0 Å². The van der Waals surface area contributed by atoms with Crippen LogP contribution in [0.2, 0.25) is 0 Å². The maximum Gasteiger partial charge on any atom is 0.118 e. The largest absolute Gasteiger partial charge is 0.497 e. The highest BCUT2D eigenvalue weighted by molar-refractivity contribution is 5.26. The fourth-order valence-corrected chi connectivity index (χ4v) is 3.52. The minimum absolute atomic E-state index is 0.718. The van der Waals surface area contributed by atoms with Crippen molar-refractivity contribution < 1.29 is 4.74 Å². The molecule has 3 aliphatic heterocycles. The van der Waals surface area contributed by atoms with Gasteiger partial charge in [0.05, 0.1) is 7.11 Å². The lowest BCUT2D eigenvalue weighted by Gasteiger charge is -2.45. The maximum atomic E-state index is 5.17. The second-order valence-corrected chi connectivity index (χ2v) is 6.22. The lowest BCUT2D eigenvalue weighted by Crippen LogP contribution is -2.56. The van der Waals surface area contributed by atoms with Crippen molar-refractivity contribution in [2.75, 3.05) is 39.8 Å². The Labute approximate surface area is 127 Å². The number of ether oxygens (including phenoxy) is 1. The molecule has 3 fully saturated rings. The normalized spacial score (nSPS) is 27.8. The summed E-state index contributed by atoms with van der Waals surface area (Å²) in [6.45, 7) is 6.90. The summed E-state index contributed by atoms with van der Waals surface area (Å²) in [6.07, 6.45) is 2.77. The minimum Gasteiger partial charge on any atom is -0.497 e. The average Bonchev–Trinajstić information content (AvgIpc) is 2.56. The first-order chi connectivity index (χ1) is 10.3. The van der Waals surface area contributed by atoms with Crippen molar-refractivity contribution in [3.8, 4) is 5.75 Å². The number of rotatable bonds is 7. The predicted octanol–water partition coefficient (Wildman–Crippen LogP) is 1.47. The zero-order chi connectivity index (χ0) is 14.5. The molecule has 4 heteroatoms. The van der Waals surface area contributed by atoms with Crippen molar-refractivity contribution >= 4 is 0 Å². The van der Waals surface area contributed by atoms with Gasteiger partial charge in [-0.15, -0.1) is 0 Å². The lowest BCUT2D eigenvalue weighted by atomic mass is 9.84. The van der Waals surface area contributed by atoms with Crippen LogP contribution >= 0.6 is 0 Å². The Morgan fingerprint density at radius 1 is 1.14 bits per heavy atom. The van der Waals surface area contributed by atoms with Crippen LogP contribution in [0.25, 0.3) is 0 Å². The fraction of sp³-hybridized carbons (Fsp3) is 0.647. The van der Waals surface area contributed by atoms with Crippen LogP contribution in [-0.4, -0.2) is 50.8 Å². The molecule has 0 amide bonds. The molecule has 0 radical (unpaired) electrons. The van der Waals surface area contributed by atoms with Gasteiger partial charge in [-0.2, -0.15) is 0 Å². The van der Waals surface area contributed by atoms with Crippen LogP contribution in [0.3, 0.4) is 0 Å². The second kappa shape index (κ2) is 7.25. The first-order valence-corrected chi connectivity index (χ1v) is 8.14. The monoisotopic (exact) mass is 289 g/mol. The van der Waals surface area contributed by atoms with Crippen molar-refractivity contribution in [3.05, 3.63) is 29.8 Å². The summed E-state index contributed by atoms with van der Waals surface area (Å²) in [5, 5.41) is 7.24. The van der Waals surface area contributed by atoms with E-state index < -0.39 is 0 Å². The first kappa shape index (κ1) is 14.8. The first-order valence-electron chi connectivity index (χ1n) is 8.14. The Bertz CT molecular complexity index is 426. The van der Waals surface area contributed by atoms with E-state index in [2.05, 4.69) is 27.7 Å². The van der Waals surface area contributed by atoms with E-state index in [1.165, 1.54) is 38.0 Å². The highest BCUT2D eigenvalue weighted by atomic mass is 16.5. The molecule has 3 saturated heterocycles. The minimum atomic E-state index is 0.718. The van der Waals surface area contributed by atoms with Crippen molar-refractivity contribution in [1.29, 1.82) is 0 Å². The Morgan fingerprint density at radius 3 is 2.52 bits per heavy atom. The van der Waals surface area contributed by atoms with E-state index in [1.54, 1.807) is 7.11 Å². The van der Waals surface area contributed by atoms with Gasteiger partial charge >= 0.3 is 0 Å². The smallest absolute Gasteiger partial charge is 0.118 e. The third kappa shape index (κ3) is 3.96. The number of hydrogen-bond acceptors (Lipinski definition) is 4. The van der Waals surface area contributed by atoms with Crippen LogP contribution in [-0.2, 0) is 6.54 Å². The Morgan fingerprint density at radius 2 is 1.90 bits per heavy atom. The summed E-state index contributed by atoms with van der Waals surface area (Å²) >= 11 is 0. The van der Waals surface area contributed by atoms with E-state index in [-0.39, 0.29) is 0 Å². The Hall–Kier alpha value is -1.10. The lowest BCUT2D eigenvalue weighted by molar-refractivity contribution is 0.0731. The Balaban J connectivity index is 1.31. The van der Waals surface area contributed by atoms with Gasteiger partial charge < -0.3 is 20.3 Å². The number of fused-ring (bicyclic) bond motifs is 3. The molecule has 1 aromatic carbocycles. The molecule has 2 bridgehead atoms. The summed E-state index contributed by atoms with van der Waals surface area (Å²) in [7, 11) is 1.70. The fourth-order valence-electron chi connectivity index (χ4n) is 3.52. The van der Waals surface area contributed by atoms with Gasteiger partial charge in [0, 0.05) is 32.2 Å². The van der Waals surface area contributed by atoms with Crippen LogP contribution in [0.15, 0.2) is 24.3 Å². The molecule has 3 aliphatic rings. The number of nitrogens with zero attached hydrogens (tertiary/aromatic N) is 1. The molecule has 21 heavy (non-hydrogen) atoms. The molecule has 0 spiro atoms. The average molecular weight is 289 g/mol. The second-order valence-electron chi connectivity index (χ2n) is 6.22. The highest BCUT2D eigenvalue weighted by Crippen LogP contribution is 2.27. The molecule has 0 aromatic heterocycles. The number of methoxy groups -OCH3 is 1. The van der Waals surface area contributed by atoms with Crippen molar-refractivity contribution in [3.63, 3.8) is 0 Å². The molecule has 4 nitrogen and oxygen atoms in total. The summed E-state index contributed by atoms with van der Waals surface area (Å²) in [6, 6.07) is 8.99. The van der Waals surface area contributed by atoms with Crippen LogP contribution in [0.1, 0.15) is 18.4 Å². The summed E-state index contributed by atoms with van der Waals surface area (Å²) < 4.78 is 5.17. The number of nitrogens with one attached hydrogen (secondary N) is 2. The van der Waals surface area contributed by atoms with Gasteiger partial charge in [-0.05, 0) is 49.5 Å². The van der Waals surface area contributed by atoms with Gasteiger partial charge in [0.2, 0.25) is 0 Å². The highest BCUT2D eigenvalue weighted by Gasteiger charge is 2.33. The molecular weight excluding hydrogens is 262 g/mol. The molecule has 1 unspecified atom stereocenters. The molecule has 0 aliphatic carbocycles. The van der Waals surface area contributed by atoms with E-state index in [0.29, 0.717) is 0 Å². The number of hydrogen-bond donors (Lipinski definition) is 2. The van der Waals surface area contributed by atoms with E-state index in [1.807, 2.05) is 12.1 Å². The van der Waals surface area contributed by atoms with E-state index in [9.17, 15) is 0 Å². The topological polar surface area (TPSA) is 36.5 Å². The van der Waals surface area contributed by atoms with Gasteiger partial charge in [0.15, 0.2) is 0 Å². The van der Waals surface area contributed by atoms with Gasteiger partial charge in [0.25, 0.3) is 0 Å². The summed E-state index contributed by atoms with van der Waals surface area (Å²) in [5.74, 6) is 1.83. The van der Waals surface area contributed by atoms with E-state index in [4.69, 9.17) is 4.74 Å². The number of piperidine rings is 3. The molecule has 116 valence electrons. The quantitative estimate of drug-likeness (QED) is 0.745. The van der Waals surface area contributed by atoms with Crippen molar-refractivity contribution in [2.45, 2.75) is 25.4 Å². The SMILES string of the molecule is COc1ccc(CNCCNC2CN3CCC2CC3)cc1. The predicted molar refractivity (Wildman–Crippen MR) is 85.7 cm³/mol. The molecule has 2 N–H and O–H groups in total. The third-order valence-electron chi connectivity index (χ3n) is 4.85. The van der Waals surface area contributed by atoms with Gasteiger partial charge in [-0.25, -0.2) is 0 Å². The zero-order valence-corrected chi connectivity index (χ0v) is 13.0. The summed E-state index contributed by atoms with van der Waals surface area (Å²) in [5.41, 5.74) is 1.30. The molecule has 1 aromatic rings. The van der Waals surface area contributed by atoms with Crippen LogP contribution < -0.4 is 15.4 Å². The maximum absolute atomic E-state index is 5.17. The van der Waals surface area contributed by atoms with Crippen LogP contribution in [0.4, 0.5) is 0 Å². The molecular formula is C17H27N3O. The summed E-state index contributed by atoms with van der Waals surface area (Å²) in [4.78, 5) is 2.60. The Kier molecular flexibility index (Phi) is 5.12. The van der Waals surface area contributed by atoms with Crippen molar-refractivity contribution in [2.24, 2.45) is 5.92 Å². The molecule has 1 atom stereocenters. The van der Waals surface area contributed by atoms with E-state index >= 15 is 0 Å². The van der Waals surface area contributed by atoms with Crippen LogP contribution in [0, 0.1) is 5.92 Å². The molecule has 3 heterocycles. The van der Waals surface area contributed by atoms with Crippen molar-refractivity contribution in [1.82, 2.24) is 15.5 Å². The van der Waals surface area contributed by atoms with Crippen LogP contribution in [0.5, 0.6) is 5.75 Å². The number of benzene rings is 1. The third-order valence-corrected chi connectivity index (χ3v) is 4.85. The molecule has 0 saturated carbocycles. The van der Waals surface area contributed by atoms with E-state index in [0.717, 1.165) is 37.3 Å². The molecule has 4 rings (SSSR count). The zero-order valence-electron chi connectivity index (χ0n) is 13.0. The van der Waals surface area contributed by atoms with Gasteiger partial charge in [0.1, 0.15) is 5.75 Å². The standard InChI is InChI=1S/C17H27N3O/c1-21-16-4-2-14(3-5-16)12-18-8-9-19-17-13-20-10-6-15(17)7-11-20/h2-5,15,17-19H,6-13H2,1H3.